The van der Waals surface area contributed by atoms with Crippen LogP contribution in [0.15, 0.2) is 28.9 Å². The molecule has 1 heterocycles. The van der Waals surface area contributed by atoms with Gasteiger partial charge in [0.25, 0.3) is 0 Å². The molecule has 0 amide bonds. The number of rotatable bonds is 4. The third-order valence-electron chi connectivity index (χ3n) is 2.20. The van der Waals surface area contributed by atoms with E-state index in [1.165, 1.54) is 0 Å². The average molecular weight is 361 g/mol. The maximum absolute atomic E-state index is 5.65. The minimum Gasteiger partial charge on any atom is -0.487 e. The van der Waals surface area contributed by atoms with Gasteiger partial charge in [-0.3, -0.25) is 4.68 Å². The highest BCUT2D eigenvalue weighted by Gasteiger charge is 2.03. The number of aryl methyl sites for hydroxylation is 1. The summed E-state index contributed by atoms with van der Waals surface area (Å²) in [5.41, 5.74) is 1.97. The largest absolute Gasteiger partial charge is 0.487 e. The number of ether oxygens (including phenoxy) is 1. The van der Waals surface area contributed by atoms with Gasteiger partial charge in [-0.2, -0.15) is 0 Å². The van der Waals surface area contributed by atoms with E-state index in [2.05, 4.69) is 42.2 Å². The molecule has 0 aliphatic carbocycles. The highest BCUT2D eigenvalue weighted by Crippen LogP contribution is 2.24. The first-order valence-corrected chi connectivity index (χ1v) is 6.93. The number of aromatic nitrogens is 3. The second-order valence-corrected chi connectivity index (χ2v) is 4.97. The van der Waals surface area contributed by atoms with Gasteiger partial charge in [0, 0.05) is 16.9 Å². The summed E-state index contributed by atoms with van der Waals surface area (Å²) in [6.07, 6.45) is 1.84. The highest BCUT2D eigenvalue weighted by atomic mass is 79.9. The fraction of sp³-hybridized carbons (Fsp3) is 0.273. The molecule has 0 spiro atoms. The summed E-state index contributed by atoms with van der Waals surface area (Å²) in [4.78, 5) is 0. The monoisotopic (exact) mass is 359 g/mol. The molecule has 0 saturated heterocycles. The summed E-state index contributed by atoms with van der Waals surface area (Å²) in [5, 5.41) is 8.60. The summed E-state index contributed by atoms with van der Waals surface area (Å²) in [5.74, 6) is 0.827. The predicted molar refractivity (Wildman–Crippen MR) is 72.1 cm³/mol. The van der Waals surface area contributed by atoms with Crippen molar-refractivity contribution < 1.29 is 4.74 Å². The van der Waals surface area contributed by atoms with E-state index in [0.717, 1.165) is 26.8 Å². The Morgan fingerprint density at radius 3 is 2.88 bits per heavy atom. The van der Waals surface area contributed by atoms with Gasteiger partial charge in [-0.1, -0.05) is 37.1 Å². The van der Waals surface area contributed by atoms with E-state index in [-0.39, 0.29) is 0 Å². The van der Waals surface area contributed by atoms with Crippen LogP contribution in [0.1, 0.15) is 11.3 Å². The first-order valence-electron chi connectivity index (χ1n) is 5.01. The quantitative estimate of drug-likeness (QED) is 0.786. The fourth-order valence-corrected chi connectivity index (χ4v) is 2.59. The lowest BCUT2D eigenvalue weighted by Gasteiger charge is -2.06. The van der Waals surface area contributed by atoms with Crippen LogP contribution < -0.4 is 4.74 Å². The summed E-state index contributed by atoms with van der Waals surface area (Å²) < 4.78 is 8.37. The van der Waals surface area contributed by atoms with E-state index >= 15 is 0 Å². The van der Waals surface area contributed by atoms with Crippen LogP contribution in [0.25, 0.3) is 0 Å². The molecular formula is C11H11Br2N3O. The molecule has 6 heteroatoms. The second-order valence-electron chi connectivity index (χ2n) is 3.56. The van der Waals surface area contributed by atoms with Gasteiger partial charge in [-0.15, -0.1) is 5.10 Å². The van der Waals surface area contributed by atoms with Crippen LogP contribution in [0, 0.1) is 0 Å². The molecule has 0 bridgehead atoms. The standard InChI is InChI=1S/C11H11Br2N3O/c1-16-6-9(14-15-16)7-17-10-2-3-11(13)8(4-10)5-12/h2-4,6H,5,7H2,1H3. The maximum atomic E-state index is 5.65. The van der Waals surface area contributed by atoms with Crippen molar-refractivity contribution >= 4 is 31.9 Å². The van der Waals surface area contributed by atoms with Crippen molar-refractivity contribution in [2.24, 2.45) is 7.05 Å². The molecular weight excluding hydrogens is 350 g/mol. The van der Waals surface area contributed by atoms with Gasteiger partial charge >= 0.3 is 0 Å². The highest BCUT2D eigenvalue weighted by molar-refractivity contribution is 9.10. The molecule has 2 rings (SSSR count). The number of halogens is 2. The van der Waals surface area contributed by atoms with Crippen molar-refractivity contribution in [1.82, 2.24) is 15.0 Å². The van der Waals surface area contributed by atoms with Gasteiger partial charge < -0.3 is 4.74 Å². The molecule has 90 valence electrons. The molecule has 1 aromatic heterocycles. The maximum Gasteiger partial charge on any atom is 0.134 e. The Kier molecular flexibility index (Phi) is 4.17. The lowest BCUT2D eigenvalue weighted by atomic mass is 10.2. The topological polar surface area (TPSA) is 39.9 Å². The zero-order chi connectivity index (χ0) is 12.3. The van der Waals surface area contributed by atoms with Crippen LogP contribution in [-0.4, -0.2) is 15.0 Å². The lowest BCUT2D eigenvalue weighted by Crippen LogP contribution is -1.96. The molecule has 2 aromatic rings. The minimum absolute atomic E-state index is 0.428. The molecule has 0 atom stereocenters. The van der Waals surface area contributed by atoms with E-state index in [1.807, 2.05) is 31.4 Å². The Bertz CT molecular complexity index is 513. The molecule has 4 nitrogen and oxygen atoms in total. The molecule has 0 saturated carbocycles. The zero-order valence-electron chi connectivity index (χ0n) is 9.23. The molecule has 0 aliphatic heterocycles. The van der Waals surface area contributed by atoms with Crippen molar-refractivity contribution in [3.05, 3.63) is 40.1 Å². The molecule has 0 aliphatic rings. The van der Waals surface area contributed by atoms with E-state index in [1.54, 1.807) is 4.68 Å². The fourth-order valence-electron chi connectivity index (χ4n) is 1.36. The third kappa shape index (κ3) is 3.29. The molecule has 0 unspecified atom stereocenters. The van der Waals surface area contributed by atoms with Crippen LogP contribution in [-0.2, 0) is 19.0 Å². The summed E-state index contributed by atoms with van der Waals surface area (Å²) >= 11 is 6.91. The molecule has 0 N–H and O–H groups in total. The molecule has 0 fully saturated rings. The van der Waals surface area contributed by atoms with Gasteiger partial charge in [0.1, 0.15) is 18.1 Å². The Hall–Kier alpha value is -0.880. The normalized spacial score (nSPS) is 10.5. The summed E-state index contributed by atoms with van der Waals surface area (Å²) in [7, 11) is 1.83. The predicted octanol–water partition coefficient (Wildman–Crippen LogP) is 3.05. The van der Waals surface area contributed by atoms with Crippen molar-refractivity contribution in [3.8, 4) is 5.75 Å². The van der Waals surface area contributed by atoms with Gasteiger partial charge in [0.05, 0.1) is 6.20 Å². The van der Waals surface area contributed by atoms with Crippen molar-refractivity contribution in [2.45, 2.75) is 11.9 Å². The van der Waals surface area contributed by atoms with Gasteiger partial charge in [0.2, 0.25) is 0 Å². The Labute approximate surface area is 116 Å². The van der Waals surface area contributed by atoms with Crippen LogP contribution in [0.4, 0.5) is 0 Å². The number of benzene rings is 1. The van der Waals surface area contributed by atoms with Crippen LogP contribution in [0.2, 0.25) is 0 Å². The van der Waals surface area contributed by atoms with E-state index in [4.69, 9.17) is 4.74 Å². The Morgan fingerprint density at radius 1 is 1.41 bits per heavy atom. The Balaban J connectivity index is 2.04. The summed E-state index contributed by atoms with van der Waals surface area (Å²) in [6.45, 7) is 0.428. The molecule has 1 aromatic carbocycles. The Morgan fingerprint density at radius 2 is 2.24 bits per heavy atom. The van der Waals surface area contributed by atoms with Crippen molar-refractivity contribution in [3.63, 3.8) is 0 Å². The summed E-state index contributed by atoms with van der Waals surface area (Å²) in [6, 6.07) is 5.89. The van der Waals surface area contributed by atoms with E-state index in [9.17, 15) is 0 Å². The van der Waals surface area contributed by atoms with Gasteiger partial charge in [0.15, 0.2) is 0 Å². The number of hydrogen-bond acceptors (Lipinski definition) is 3. The average Bonchev–Trinajstić information content (AvgIpc) is 2.74. The first kappa shape index (κ1) is 12.6. The van der Waals surface area contributed by atoms with Gasteiger partial charge in [-0.05, 0) is 23.8 Å². The van der Waals surface area contributed by atoms with Crippen LogP contribution in [0.3, 0.4) is 0 Å². The van der Waals surface area contributed by atoms with Crippen LogP contribution in [0.5, 0.6) is 5.75 Å². The number of hydrogen-bond donors (Lipinski definition) is 0. The van der Waals surface area contributed by atoms with E-state index < -0.39 is 0 Å². The first-order chi connectivity index (χ1) is 8.19. The molecule has 0 radical (unpaired) electrons. The van der Waals surface area contributed by atoms with Crippen LogP contribution >= 0.6 is 31.9 Å². The SMILES string of the molecule is Cn1cc(COc2ccc(Br)c(CBr)c2)nn1. The lowest BCUT2D eigenvalue weighted by molar-refractivity contribution is 0.301. The minimum atomic E-state index is 0.428. The number of alkyl halides is 1. The smallest absolute Gasteiger partial charge is 0.134 e. The van der Waals surface area contributed by atoms with Gasteiger partial charge in [-0.25, -0.2) is 0 Å². The second kappa shape index (κ2) is 5.64. The third-order valence-corrected chi connectivity index (χ3v) is 3.58. The number of nitrogens with zero attached hydrogens (tertiary/aromatic N) is 3. The molecule has 17 heavy (non-hydrogen) atoms. The zero-order valence-corrected chi connectivity index (χ0v) is 12.4. The van der Waals surface area contributed by atoms with Crippen molar-refractivity contribution in [1.29, 1.82) is 0 Å². The van der Waals surface area contributed by atoms with Crippen molar-refractivity contribution in [2.75, 3.05) is 0 Å². The van der Waals surface area contributed by atoms with E-state index in [0.29, 0.717) is 6.61 Å².